The topological polar surface area (TPSA) is 57.6 Å². The van der Waals surface area contributed by atoms with E-state index < -0.39 is 12.0 Å². The number of amides is 1. The van der Waals surface area contributed by atoms with Crippen molar-refractivity contribution in [1.82, 2.24) is 4.90 Å². The van der Waals surface area contributed by atoms with E-state index in [4.69, 9.17) is 17.3 Å². The van der Waals surface area contributed by atoms with Crippen LogP contribution in [0.1, 0.15) is 12.5 Å². The van der Waals surface area contributed by atoms with Gasteiger partial charge in [0.1, 0.15) is 10.4 Å². The SMILES string of the molecule is CC(C(=O)O)N1C(=O)C(=Cc2ccccc2)SC1=S. The molecule has 0 aliphatic carbocycles. The number of aliphatic carboxylic acids is 1. The number of rotatable bonds is 3. The second-order valence-electron chi connectivity index (χ2n) is 3.98. The lowest BCUT2D eigenvalue weighted by atomic mass is 10.2. The largest absolute Gasteiger partial charge is 0.480 e. The Balaban J connectivity index is 2.28. The second-order valence-corrected chi connectivity index (χ2v) is 5.65. The van der Waals surface area contributed by atoms with Crippen molar-refractivity contribution in [1.29, 1.82) is 0 Å². The lowest BCUT2D eigenvalue weighted by molar-refractivity contribution is -0.144. The monoisotopic (exact) mass is 293 g/mol. The third-order valence-electron chi connectivity index (χ3n) is 2.67. The summed E-state index contributed by atoms with van der Waals surface area (Å²) in [6, 6.07) is 8.41. The second kappa shape index (κ2) is 5.54. The van der Waals surface area contributed by atoms with E-state index in [1.807, 2.05) is 30.3 Å². The Kier molecular flexibility index (Phi) is 4.01. The number of hydrogen-bond acceptors (Lipinski definition) is 4. The summed E-state index contributed by atoms with van der Waals surface area (Å²) in [5, 5.41) is 8.97. The van der Waals surface area contributed by atoms with Gasteiger partial charge in [-0.25, -0.2) is 4.79 Å². The summed E-state index contributed by atoms with van der Waals surface area (Å²) in [5.74, 6) is -1.42. The lowest BCUT2D eigenvalue weighted by Gasteiger charge is -2.18. The highest BCUT2D eigenvalue weighted by molar-refractivity contribution is 8.26. The highest BCUT2D eigenvalue weighted by Crippen LogP contribution is 2.33. The van der Waals surface area contributed by atoms with Gasteiger partial charge in [0.15, 0.2) is 0 Å². The van der Waals surface area contributed by atoms with Gasteiger partial charge in [0.25, 0.3) is 5.91 Å². The predicted octanol–water partition coefficient (Wildman–Crippen LogP) is 2.36. The molecule has 0 spiro atoms. The van der Waals surface area contributed by atoms with Crippen LogP contribution in [0.2, 0.25) is 0 Å². The fourth-order valence-corrected chi connectivity index (χ4v) is 3.04. The molecule has 0 bridgehead atoms. The summed E-state index contributed by atoms with van der Waals surface area (Å²) in [4.78, 5) is 24.7. The Labute approximate surface area is 120 Å². The first kappa shape index (κ1) is 13.8. The Bertz CT molecular complexity index is 569. The molecule has 0 saturated carbocycles. The van der Waals surface area contributed by atoms with Crippen LogP contribution < -0.4 is 0 Å². The molecular weight excluding hydrogens is 282 g/mol. The van der Waals surface area contributed by atoms with Gasteiger partial charge >= 0.3 is 5.97 Å². The fourth-order valence-electron chi connectivity index (χ4n) is 1.62. The van der Waals surface area contributed by atoms with Crippen LogP contribution in [0, 0.1) is 0 Å². The maximum atomic E-state index is 12.2. The summed E-state index contributed by atoms with van der Waals surface area (Å²) >= 11 is 6.20. The van der Waals surface area contributed by atoms with Crippen LogP contribution >= 0.6 is 24.0 Å². The molecule has 1 unspecified atom stereocenters. The maximum absolute atomic E-state index is 12.2. The van der Waals surface area contributed by atoms with Crippen LogP contribution in [0.5, 0.6) is 0 Å². The molecule has 1 amide bonds. The average Bonchev–Trinajstić information content (AvgIpc) is 2.65. The molecule has 0 radical (unpaired) electrons. The average molecular weight is 293 g/mol. The number of carbonyl (C=O) groups is 2. The lowest BCUT2D eigenvalue weighted by Crippen LogP contribution is -2.41. The Morgan fingerprint density at radius 2 is 2.05 bits per heavy atom. The first-order chi connectivity index (χ1) is 9.00. The van der Waals surface area contributed by atoms with Crippen LogP contribution in [0.4, 0.5) is 0 Å². The van der Waals surface area contributed by atoms with Crippen molar-refractivity contribution < 1.29 is 14.7 Å². The van der Waals surface area contributed by atoms with Gasteiger partial charge in [-0.05, 0) is 18.6 Å². The molecule has 2 rings (SSSR count). The first-order valence-corrected chi connectivity index (χ1v) is 6.78. The summed E-state index contributed by atoms with van der Waals surface area (Å²) in [7, 11) is 0. The molecule has 4 nitrogen and oxygen atoms in total. The van der Waals surface area contributed by atoms with Gasteiger partial charge in [0.2, 0.25) is 0 Å². The molecule has 1 fully saturated rings. The van der Waals surface area contributed by atoms with Crippen molar-refractivity contribution in [2.45, 2.75) is 13.0 Å². The van der Waals surface area contributed by atoms with Gasteiger partial charge in [-0.2, -0.15) is 0 Å². The van der Waals surface area contributed by atoms with Crippen LogP contribution in [0.25, 0.3) is 6.08 Å². The zero-order valence-electron chi connectivity index (χ0n) is 10.1. The zero-order valence-corrected chi connectivity index (χ0v) is 11.7. The maximum Gasteiger partial charge on any atom is 0.326 e. The summed E-state index contributed by atoms with van der Waals surface area (Å²) in [6.07, 6.45) is 1.72. The number of carboxylic acid groups (broad SMARTS) is 1. The van der Waals surface area contributed by atoms with Crippen LogP contribution in [0.15, 0.2) is 35.2 Å². The molecule has 1 heterocycles. The smallest absolute Gasteiger partial charge is 0.326 e. The van der Waals surface area contributed by atoms with Crippen LogP contribution in [-0.4, -0.2) is 32.2 Å². The third-order valence-corrected chi connectivity index (χ3v) is 4.00. The molecular formula is C13H11NO3S2. The summed E-state index contributed by atoms with van der Waals surface area (Å²) in [5.41, 5.74) is 0.881. The molecule has 1 aliphatic heterocycles. The number of carboxylic acids is 1. The number of hydrogen-bond donors (Lipinski definition) is 1. The number of nitrogens with zero attached hydrogens (tertiary/aromatic N) is 1. The highest BCUT2D eigenvalue weighted by Gasteiger charge is 2.38. The quantitative estimate of drug-likeness (QED) is 0.685. The molecule has 1 aromatic carbocycles. The number of carbonyl (C=O) groups excluding carboxylic acids is 1. The summed E-state index contributed by atoms with van der Waals surface area (Å²) in [6.45, 7) is 1.44. The zero-order chi connectivity index (χ0) is 14.0. The van der Waals surface area contributed by atoms with E-state index >= 15 is 0 Å². The van der Waals surface area contributed by atoms with Crippen LogP contribution in [0.3, 0.4) is 0 Å². The van der Waals surface area contributed by atoms with Crippen molar-refractivity contribution in [3.05, 3.63) is 40.8 Å². The molecule has 6 heteroatoms. The number of benzene rings is 1. The van der Waals surface area contributed by atoms with E-state index in [1.54, 1.807) is 6.08 Å². The molecule has 1 saturated heterocycles. The molecule has 1 atom stereocenters. The summed E-state index contributed by atoms with van der Waals surface area (Å²) < 4.78 is 0.280. The Morgan fingerprint density at radius 3 is 2.63 bits per heavy atom. The van der Waals surface area contributed by atoms with Gasteiger partial charge in [0, 0.05) is 0 Å². The minimum atomic E-state index is -1.07. The van der Waals surface area contributed by atoms with Gasteiger partial charge in [0.05, 0.1) is 4.91 Å². The standard InChI is InChI=1S/C13H11NO3S2/c1-8(12(16)17)14-11(15)10(19-13(14)18)7-9-5-3-2-4-6-9/h2-8H,1H3,(H,16,17). The minimum absolute atomic E-state index is 0.280. The van der Waals surface area contributed by atoms with Crippen molar-refractivity contribution in [2.75, 3.05) is 0 Å². The molecule has 1 aliphatic rings. The van der Waals surface area contributed by atoms with Crippen molar-refractivity contribution in [3.8, 4) is 0 Å². The van der Waals surface area contributed by atoms with E-state index in [9.17, 15) is 9.59 Å². The normalized spacial score (nSPS) is 19.0. The van der Waals surface area contributed by atoms with E-state index in [1.165, 1.54) is 6.92 Å². The first-order valence-electron chi connectivity index (χ1n) is 5.55. The van der Waals surface area contributed by atoms with Gasteiger partial charge in [-0.15, -0.1) is 0 Å². The van der Waals surface area contributed by atoms with Gasteiger partial charge < -0.3 is 5.11 Å². The fraction of sp³-hybridized carbons (Fsp3) is 0.154. The Hall–Kier alpha value is -1.66. The van der Waals surface area contributed by atoms with Crippen molar-refractivity contribution in [3.63, 3.8) is 0 Å². The van der Waals surface area contributed by atoms with Crippen LogP contribution in [-0.2, 0) is 9.59 Å². The van der Waals surface area contributed by atoms with E-state index in [0.717, 1.165) is 22.2 Å². The number of thiocarbonyl (C=S) groups is 1. The van der Waals surface area contributed by atoms with E-state index in [0.29, 0.717) is 4.91 Å². The van der Waals surface area contributed by atoms with Gasteiger partial charge in [-0.1, -0.05) is 54.3 Å². The van der Waals surface area contributed by atoms with Crippen molar-refractivity contribution in [2.24, 2.45) is 0 Å². The van der Waals surface area contributed by atoms with E-state index in [-0.39, 0.29) is 10.2 Å². The minimum Gasteiger partial charge on any atom is -0.480 e. The van der Waals surface area contributed by atoms with Crippen molar-refractivity contribution >= 4 is 46.3 Å². The Morgan fingerprint density at radius 1 is 1.42 bits per heavy atom. The predicted molar refractivity (Wildman–Crippen MR) is 78.6 cm³/mol. The molecule has 98 valence electrons. The third kappa shape index (κ3) is 2.85. The van der Waals surface area contributed by atoms with Gasteiger partial charge in [-0.3, -0.25) is 9.69 Å². The molecule has 0 aromatic heterocycles. The molecule has 1 aromatic rings. The number of thioether (sulfide) groups is 1. The van der Waals surface area contributed by atoms with E-state index in [2.05, 4.69) is 0 Å². The molecule has 19 heavy (non-hydrogen) atoms. The molecule has 1 N–H and O–H groups in total. The highest BCUT2D eigenvalue weighted by atomic mass is 32.2.